The minimum absolute atomic E-state index is 0.162. The van der Waals surface area contributed by atoms with Crippen molar-refractivity contribution in [3.05, 3.63) is 42.2 Å². The van der Waals surface area contributed by atoms with Crippen molar-refractivity contribution >= 4 is 26.4 Å². The molecule has 0 bridgehead atoms. The Morgan fingerprint density at radius 1 is 1.19 bits per heavy atom. The Hall–Kier alpha value is -2.49. The van der Waals surface area contributed by atoms with Crippen LogP contribution in [0.4, 0.5) is 5.82 Å². The first-order valence-corrected chi connectivity index (χ1v) is 13.0. The third-order valence-electron chi connectivity index (χ3n) is 6.72. The number of anilines is 1. The standard InChI is InChI=1S/C23H29N5O3S/c1-16-15-31-13-10-28(16)21-14-20(23(32(2,24)29)7-11-30-12-8-23)26-22(27-21)18-4-3-5-19-17(18)6-9-25-19/h3-6,9,14,16,24-25H,7-8,10-13,15H2,1-2H3/t16-,32?/m1/s1. The lowest BCUT2D eigenvalue weighted by Gasteiger charge is -2.38. The molecule has 4 heterocycles. The van der Waals surface area contributed by atoms with Gasteiger partial charge in [0.15, 0.2) is 5.82 Å². The molecule has 0 spiro atoms. The highest BCUT2D eigenvalue weighted by molar-refractivity contribution is 7.92. The van der Waals surface area contributed by atoms with Gasteiger partial charge in [0.1, 0.15) is 10.6 Å². The second-order valence-corrected chi connectivity index (χ2v) is 11.2. The smallest absolute Gasteiger partial charge is 0.162 e. The van der Waals surface area contributed by atoms with Crippen LogP contribution in [-0.4, -0.2) is 64.4 Å². The summed E-state index contributed by atoms with van der Waals surface area (Å²) in [6, 6.07) is 10.2. The van der Waals surface area contributed by atoms with Crippen molar-refractivity contribution in [3.63, 3.8) is 0 Å². The van der Waals surface area contributed by atoms with Gasteiger partial charge < -0.3 is 19.4 Å². The maximum Gasteiger partial charge on any atom is 0.162 e. The van der Waals surface area contributed by atoms with Crippen molar-refractivity contribution in [2.45, 2.75) is 30.6 Å². The van der Waals surface area contributed by atoms with E-state index in [2.05, 4.69) is 16.8 Å². The van der Waals surface area contributed by atoms with Crippen molar-refractivity contribution in [2.24, 2.45) is 0 Å². The Labute approximate surface area is 188 Å². The van der Waals surface area contributed by atoms with Crippen LogP contribution < -0.4 is 4.90 Å². The topological polar surface area (TPSA) is 104 Å². The molecule has 2 atom stereocenters. The number of hydrogen-bond donors (Lipinski definition) is 2. The number of aromatic amines is 1. The number of hydrogen-bond acceptors (Lipinski definition) is 7. The highest BCUT2D eigenvalue weighted by Gasteiger charge is 2.44. The molecule has 1 aromatic carbocycles. The molecule has 1 unspecified atom stereocenters. The molecule has 9 heteroatoms. The van der Waals surface area contributed by atoms with Gasteiger partial charge in [0, 0.05) is 54.7 Å². The van der Waals surface area contributed by atoms with Crippen LogP contribution in [0.2, 0.25) is 0 Å². The molecule has 2 aliphatic rings. The molecular weight excluding hydrogens is 426 g/mol. The van der Waals surface area contributed by atoms with E-state index in [-0.39, 0.29) is 6.04 Å². The van der Waals surface area contributed by atoms with Gasteiger partial charge in [-0.05, 0) is 31.9 Å². The van der Waals surface area contributed by atoms with E-state index in [1.807, 2.05) is 36.5 Å². The van der Waals surface area contributed by atoms with E-state index in [0.29, 0.717) is 50.8 Å². The van der Waals surface area contributed by atoms with Crippen LogP contribution in [0.1, 0.15) is 25.5 Å². The Bertz CT molecular complexity index is 1230. The van der Waals surface area contributed by atoms with Gasteiger partial charge in [-0.15, -0.1) is 0 Å². The first kappa shape index (κ1) is 21.4. The molecule has 2 saturated heterocycles. The fourth-order valence-electron chi connectivity index (χ4n) is 4.83. The molecule has 32 heavy (non-hydrogen) atoms. The maximum absolute atomic E-state index is 13.3. The Balaban J connectivity index is 1.74. The summed E-state index contributed by atoms with van der Waals surface area (Å²) in [6.07, 6.45) is 4.46. The zero-order valence-electron chi connectivity index (χ0n) is 18.5. The summed E-state index contributed by atoms with van der Waals surface area (Å²) in [5.74, 6) is 1.39. The summed E-state index contributed by atoms with van der Waals surface area (Å²) in [7, 11) is -2.95. The third-order valence-corrected chi connectivity index (χ3v) is 8.83. The van der Waals surface area contributed by atoms with Gasteiger partial charge in [-0.1, -0.05) is 12.1 Å². The van der Waals surface area contributed by atoms with Crippen molar-refractivity contribution in [2.75, 3.05) is 44.1 Å². The number of H-pyrrole nitrogens is 1. The van der Waals surface area contributed by atoms with Crippen molar-refractivity contribution in [1.82, 2.24) is 15.0 Å². The Morgan fingerprint density at radius 2 is 2.00 bits per heavy atom. The molecule has 2 fully saturated rings. The van der Waals surface area contributed by atoms with E-state index in [4.69, 9.17) is 24.2 Å². The third kappa shape index (κ3) is 3.58. The Morgan fingerprint density at radius 3 is 2.75 bits per heavy atom. The summed E-state index contributed by atoms with van der Waals surface area (Å²) < 4.78 is 32.3. The van der Waals surface area contributed by atoms with E-state index in [1.165, 1.54) is 6.26 Å². The van der Waals surface area contributed by atoms with Crippen LogP contribution in [0.3, 0.4) is 0 Å². The molecular formula is C23H29N5O3S. The zero-order valence-corrected chi connectivity index (χ0v) is 19.3. The van der Waals surface area contributed by atoms with Gasteiger partial charge in [-0.25, -0.2) is 14.2 Å². The number of ether oxygens (including phenoxy) is 2. The van der Waals surface area contributed by atoms with Gasteiger partial charge in [-0.3, -0.25) is 4.78 Å². The van der Waals surface area contributed by atoms with E-state index in [1.54, 1.807) is 0 Å². The summed E-state index contributed by atoms with van der Waals surface area (Å²) in [4.78, 5) is 15.4. The second-order valence-electron chi connectivity index (χ2n) is 8.75. The van der Waals surface area contributed by atoms with E-state index < -0.39 is 14.5 Å². The molecule has 0 saturated carbocycles. The normalized spacial score (nSPS) is 23.2. The molecule has 5 rings (SSSR count). The lowest BCUT2D eigenvalue weighted by molar-refractivity contribution is 0.0740. The van der Waals surface area contributed by atoms with Gasteiger partial charge in [0.25, 0.3) is 0 Å². The summed E-state index contributed by atoms with van der Waals surface area (Å²) >= 11 is 0. The number of morpholine rings is 1. The zero-order chi connectivity index (χ0) is 22.3. The molecule has 0 aliphatic carbocycles. The minimum Gasteiger partial charge on any atom is -0.381 e. The number of nitrogens with zero attached hydrogens (tertiary/aromatic N) is 3. The molecule has 8 nitrogen and oxygen atoms in total. The quantitative estimate of drug-likeness (QED) is 0.624. The summed E-state index contributed by atoms with van der Waals surface area (Å²) in [6.45, 7) is 5.05. The molecule has 0 amide bonds. The average molecular weight is 456 g/mol. The number of aromatic nitrogens is 3. The van der Waals surface area contributed by atoms with Gasteiger partial charge >= 0.3 is 0 Å². The summed E-state index contributed by atoms with van der Waals surface area (Å²) in [5.41, 5.74) is 2.61. The van der Waals surface area contributed by atoms with Crippen LogP contribution in [0, 0.1) is 4.78 Å². The van der Waals surface area contributed by atoms with Crippen LogP contribution >= 0.6 is 0 Å². The molecule has 3 aromatic rings. The van der Waals surface area contributed by atoms with Crippen LogP contribution in [-0.2, 0) is 23.9 Å². The van der Waals surface area contributed by atoms with Crippen molar-refractivity contribution in [1.29, 1.82) is 4.78 Å². The van der Waals surface area contributed by atoms with E-state index in [9.17, 15) is 4.21 Å². The molecule has 170 valence electrons. The number of benzene rings is 1. The first-order chi connectivity index (χ1) is 15.4. The highest BCUT2D eigenvalue weighted by atomic mass is 32.2. The van der Waals surface area contributed by atoms with Crippen LogP contribution in [0.25, 0.3) is 22.3 Å². The number of nitrogens with one attached hydrogen (secondary N) is 2. The predicted octanol–water partition coefficient (Wildman–Crippen LogP) is 3.53. The van der Waals surface area contributed by atoms with Crippen molar-refractivity contribution < 1.29 is 13.7 Å². The van der Waals surface area contributed by atoms with E-state index >= 15 is 0 Å². The van der Waals surface area contributed by atoms with Gasteiger partial charge in [0.05, 0.1) is 34.7 Å². The Kier molecular flexibility index (Phi) is 5.43. The molecule has 2 N–H and O–H groups in total. The lowest BCUT2D eigenvalue weighted by Crippen LogP contribution is -2.45. The molecule has 2 aromatic heterocycles. The predicted molar refractivity (Wildman–Crippen MR) is 125 cm³/mol. The minimum atomic E-state index is -2.95. The van der Waals surface area contributed by atoms with Crippen LogP contribution in [0.5, 0.6) is 0 Å². The summed E-state index contributed by atoms with van der Waals surface area (Å²) in [5, 5.41) is 1.04. The first-order valence-electron chi connectivity index (χ1n) is 11.0. The van der Waals surface area contributed by atoms with E-state index in [0.717, 1.165) is 28.8 Å². The lowest BCUT2D eigenvalue weighted by atomic mass is 9.94. The highest BCUT2D eigenvalue weighted by Crippen LogP contribution is 2.41. The van der Waals surface area contributed by atoms with Gasteiger partial charge in [-0.2, -0.15) is 0 Å². The SMILES string of the molecule is C[C@@H]1COCCN1c1cc(C2(S(C)(=N)=O)CCOCC2)nc(-c2cccc3[nH]ccc23)n1. The average Bonchev–Trinajstić information content (AvgIpc) is 3.28. The molecule has 2 aliphatic heterocycles. The molecule has 0 radical (unpaired) electrons. The fourth-order valence-corrected chi connectivity index (χ4v) is 6.28. The second kappa shape index (κ2) is 8.13. The number of rotatable bonds is 4. The maximum atomic E-state index is 13.3. The van der Waals surface area contributed by atoms with Crippen molar-refractivity contribution in [3.8, 4) is 11.4 Å². The fraction of sp³-hybridized carbons (Fsp3) is 0.478. The number of fused-ring (bicyclic) bond motifs is 1. The monoisotopic (exact) mass is 455 g/mol. The largest absolute Gasteiger partial charge is 0.381 e. The van der Waals surface area contributed by atoms with Crippen LogP contribution in [0.15, 0.2) is 36.5 Å². The van der Waals surface area contributed by atoms with Gasteiger partial charge in [0.2, 0.25) is 0 Å².